The third kappa shape index (κ3) is 3.83. The van der Waals surface area contributed by atoms with Gasteiger partial charge in [-0.25, -0.2) is 15.0 Å². The zero-order valence-electron chi connectivity index (χ0n) is 15.7. The summed E-state index contributed by atoms with van der Waals surface area (Å²) < 4.78 is 5.31. The van der Waals surface area contributed by atoms with E-state index >= 15 is 0 Å². The topological polar surface area (TPSA) is 127 Å². The predicted octanol–water partition coefficient (Wildman–Crippen LogP) is 1.70. The number of fused-ring (bicyclic) bond motifs is 1. The van der Waals surface area contributed by atoms with Gasteiger partial charge in [0, 0.05) is 50.1 Å². The van der Waals surface area contributed by atoms with E-state index in [0.29, 0.717) is 48.8 Å². The maximum absolute atomic E-state index is 12.6. The van der Waals surface area contributed by atoms with Crippen molar-refractivity contribution in [2.24, 2.45) is 0 Å². The first kappa shape index (κ1) is 18.7. The zero-order valence-corrected chi connectivity index (χ0v) is 15.7. The van der Waals surface area contributed by atoms with Gasteiger partial charge in [-0.3, -0.25) is 19.8 Å². The Bertz CT molecular complexity index is 1120. The number of aromatic nitrogens is 4. The zero-order chi connectivity index (χ0) is 20.4. The number of rotatable bonds is 5. The van der Waals surface area contributed by atoms with Crippen LogP contribution in [0.4, 0.5) is 5.69 Å². The predicted molar refractivity (Wildman–Crippen MR) is 103 cm³/mol. The highest BCUT2D eigenvalue weighted by Gasteiger charge is 2.23. The average molecular weight is 394 g/mol. The van der Waals surface area contributed by atoms with E-state index in [9.17, 15) is 14.9 Å². The number of aromatic amines is 1. The van der Waals surface area contributed by atoms with Gasteiger partial charge in [0.15, 0.2) is 0 Å². The summed E-state index contributed by atoms with van der Waals surface area (Å²) in [5.41, 5.74) is 2.66. The molecule has 1 aromatic carbocycles. The number of methoxy groups -OCH3 is 1. The Hall–Kier alpha value is -3.66. The fourth-order valence-corrected chi connectivity index (χ4v) is 3.39. The van der Waals surface area contributed by atoms with E-state index in [1.807, 2.05) is 0 Å². The number of hydrogen-bond donors (Lipinski definition) is 1. The van der Waals surface area contributed by atoms with Crippen LogP contribution in [0.25, 0.3) is 11.4 Å². The van der Waals surface area contributed by atoms with Crippen molar-refractivity contribution in [3.63, 3.8) is 0 Å². The van der Waals surface area contributed by atoms with Gasteiger partial charge in [-0.2, -0.15) is 0 Å². The average Bonchev–Trinajstić information content (AvgIpc) is 2.74. The molecule has 3 heterocycles. The number of benzene rings is 1. The number of nitrogens with one attached hydrogen (secondary N) is 1. The number of nitro groups is 1. The van der Waals surface area contributed by atoms with Crippen LogP contribution in [0, 0.1) is 10.1 Å². The number of nitro benzene ring substituents is 1. The Balaban J connectivity index is 1.57. The Morgan fingerprint density at radius 3 is 2.83 bits per heavy atom. The van der Waals surface area contributed by atoms with Crippen molar-refractivity contribution in [2.45, 2.75) is 19.5 Å². The summed E-state index contributed by atoms with van der Waals surface area (Å²) in [5.74, 6) is 0.913. The Labute approximate surface area is 165 Å². The molecule has 10 heteroatoms. The van der Waals surface area contributed by atoms with Gasteiger partial charge in [0.25, 0.3) is 11.2 Å². The molecule has 0 atom stereocenters. The van der Waals surface area contributed by atoms with E-state index in [0.717, 1.165) is 11.3 Å². The Kier molecular flexibility index (Phi) is 5.00. The number of hydrogen-bond acceptors (Lipinski definition) is 8. The van der Waals surface area contributed by atoms with Crippen molar-refractivity contribution in [1.29, 1.82) is 0 Å². The van der Waals surface area contributed by atoms with Gasteiger partial charge in [0.05, 0.1) is 34.9 Å². The molecule has 4 rings (SSSR count). The first-order valence-electron chi connectivity index (χ1n) is 8.96. The normalized spacial score (nSPS) is 13.7. The monoisotopic (exact) mass is 394 g/mol. The van der Waals surface area contributed by atoms with E-state index in [-0.39, 0.29) is 11.2 Å². The molecule has 0 saturated carbocycles. The molecule has 10 nitrogen and oxygen atoms in total. The summed E-state index contributed by atoms with van der Waals surface area (Å²) in [6, 6.07) is 4.56. The summed E-state index contributed by atoms with van der Waals surface area (Å²) in [7, 11) is 1.48. The molecule has 0 unspecified atom stereocenters. The van der Waals surface area contributed by atoms with Crippen molar-refractivity contribution < 1.29 is 9.66 Å². The molecule has 1 N–H and O–H groups in total. The highest BCUT2D eigenvalue weighted by Crippen LogP contribution is 2.27. The van der Waals surface area contributed by atoms with Gasteiger partial charge in [-0.05, 0) is 6.07 Å². The second-order valence-corrected chi connectivity index (χ2v) is 6.68. The van der Waals surface area contributed by atoms with Crippen molar-refractivity contribution in [3.8, 4) is 17.1 Å². The van der Waals surface area contributed by atoms with Crippen LogP contribution in [0.3, 0.4) is 0 Å². The van der Waals surface area contributed by atoms with Crippen molar-refractivity contribution >= 4 is 5.69 Å². The van der Waals surface area contributed by atoms with E-state index < -0.39 is 4.92 Å². The molecule has 148 valence electrons. The molecule has 29 heavy (non-hydrogen) atoms. The van der Waals surface area contributed by atoms with Gasteiger partial charge >= 0.3 is 0 Å². The van der Waals surface area contributed by atoms with Crippen LogP contribution in [0.1, 0.15) is 16.8 Å². The molecule has 0 fully saturated rings. The molecular weight excluding hydrogens is 376 g/mol. The van der Waals surface area contributed by atoms with Gasteiger partial charge < -0.3 is 9.72 Å². The molecule has 0 aliphatic carbocycles. The van der Waals surface area contributed by atoms with Crippen LogP contribution in [0.2, 0.25) is 0 Å². The van der Waals surface area contributed by atoms with E-state index in [1.54, 1.807) is 18.5 Å². The lowest BCUT2D eigenvalue weighted by atomic mass is 10.1. The second-order valence-electron chi connectivity index (χ2n) is 6.68. The fraction of sp³-hybridized carbons (Fsp3) is 0.263. The Morgan fingerprint density at radius 2 is 2.10 bits per heavy atom. The number of non-ortho nitro benzene ring substituents is 1. The molecule has 0 spiro atoms. The van der Waals surface area contributed by atoms with Crippen molar-refractivity contribution in [3.05, 3.63) is 74.2 Å². The van der Waals surface area contributed by atoms with E-state index in [4.69, 9.17) is 4.74 Å². The second kappa shape index (κ2) is 7.76. The van der Waals surface area contributed by atoms with Crippen LogP contribution < -0.4 is 10.3 Å². The van der Waals surface area contributed by atoms with Crippen LogP contribution in [-0.2, 0) is 19.5 Å². The third-order valence-electron chi connectivity index (χ3n) is 4.86. The maximum Gasteiger partial charge on any atom is 0.273 e. The SMILES string of the molecule is COc1cc([N+](=O)[O-])ccc1CN1CCc2nc(-c3cncnc3)[nH]c(=O)c2C1. The molecule has 1 aliphatic heterocycles. The summed E-state index contributed by atoms with van der Waals surface area (Å²) in [5, 5.41) is 11.0. The number of nitrogens with zero attached hydrogens (tertiary/aromatic N) is 5. The standard InChI is InChI=1S/C19H18N6O4/c1-29-17-6-14(25(27)28)3-2-12(17)9-24-5-4-16-15(10-24)19(26)23-18(22-16)13-7-20-11-21-8-13/h2-3,6-8,11H,4-5,9-10H2,1H3,(H,22,23,26). The molecule has 3 aromatic rings. The maximum atomic E-state index is 12.6. The number of ether oxygens (including phenoxy) is 1. The minimum absolute atomic E-state index is 0.0207. The number of H-pyrrole nitrogens is 1. The molecule has 0 radical (unpaired) electrons. The lowest BCUT2D eigenvalue weighted by molar-refractivity contribution is -0.384. The van der Waals surface area contributed by atoms with Crippen LogP contribution >= 0.6 is 0 Å². The van der Waals surface area contributed by atoms with Crippen LogP contribution in [0.5, 0.6) is 5.75 Å². The quantitative estimate of drug-likeness (QED) is 0.512. The largest absolute Gasteiger partial charge is 0.496 e. The lowest BCUT2D eigenvalue weighted by Crippen LogP contribution is -2.35. The first-order valence-corrected chi connectivity index (χ1v) is 8.96. The Morgan fingerprint density at radius 1 is 1.31 bits per heavy atom. The smallest absolute Gasteiger partial charge is 0.273 e. The highest BCUT2D eigenvalue weighted by molar-refractivity contribution is 5.52. The molecule has 1 aliphatic rings. The fourth-order valence-electron chi connectivity index (χ4n) is 3.39. The molecule has 2 aromatic heterocycles. The lowest BCUT2D eigenvalue weighted by Gasteiger charge is -2.28. The van der Waals surface area contributed by atoms with E-state index in [1.165, 1.54) is 25.6 Å². The van der Waals surface area contributed by atoms with Gasteiger partial charge in [0.2, 0.25) is 0 Å². The van der Waals surface area contributed by atoms with Crippen molar-refractivity contribution in [2.75, 3.05) is 13.7 Å². The van der Waals surface area contributed by atoms with E-state index in [2.05, 4.69) is 24.8 Å². The van der Waals surface area contributed by atoms with Gasteiger partial charge in [0.1, 0.15) is 17.9 Å². The summed E-state index contributed by atoms with van der Waals surface area (Å²) in [4.78, 5) is 40.5. The summed E-state index contributed by atoms with van der Waals surface area (Å²) in [6.45, 7) is 1.64. The van der Waals surface area contributed by atoms with Gasteiger partial charge in [-0.15, -0.1) is 0 Å². The molecular formula is C19H18N6O4. The summed E-state index contributed by atoms with van der Waals surface area (Å²) in [6.07, 6.45) is 5.25. The third-order valence-corrected chi connectivity index (χ3v) is 4.86. The van der Waals surface area contributed by atoms with Crippen LogP contribution in [0.15, 0.2) is 41.7 Å². The van der Waals surface area contributed by atoms with Crippen LogP contribution in [-0.4, -0.2) is 43.4 Å². The first-order chi connectivity index (χ1) is 14.0. The molecule has 0 bridgehead atoms. The molecule has 0 amide bonds. The highest BCUT2D eigenvalue weighted by atomic mass is 16.6. The molecule has 0 saturated heterocycles. The van der Waals surface area contributed by atoms with Gasteiger partial charge in [-0.1, -0.05) is 0 Å². The summed E-state index contributed by atoms with van der Waals surface area (Å²) >= 11 is 0. The minimum Gasteiger partial charge on any atom is -0.496 e. The van der Waals surface area contributed by atoms with Crippen molar-refractivity contribution in [1.82, 2.24) is 24.8 Å². The minimum atomic E-state index is -0.454.